The van der Waals surface area contributed by atoms with Crippen LogP contribution in [0.5, 0.6) is 5.75 Å². The lowest BCUT2D eigenvalue weighted by Crippen LogP contribution is -2.32. The minimum atomic E-state index is -3.88. The van der Waals surface area contributed by atoms with Crippen molar-refractivity contribution in [1.82, 2.24) is 0 Å². The number of aryl methyl sites for hydroxylation is 2. The SMILES string of the molecule is CC[C@@H](Oc1cc(C)ccc1C)C(=O)Nc1ccc(S(=O)(=O)Nc2ccc(Cl)cc2Cl)cc1. The van der Waals surface area contributed by atoms with E-state index in [-0.39, 0.29) is 21.5 Å². The molecule has 0 saturated carbocycles. The standard InChI is InChI=1S/C24H24Cl2N2O4S/c1-4-22(32-23-13-15(2)5-6-16(23)3)24(29)27-18-8-10-19(11-9-18)33(30,31)28-21-12-7-17(25)14-20(21)26/h5-14,22,28H,4H2,1-3H3,(H,27,29)/t22-/m1/s1. The summed E-state index contributed by atoms with van der Waals surface area (Å²) < 4.78 is 33.7. The molecule has 3 aromatic carbocycles. The van der Waals surface area contributed by atoms with Gasteiger partial charge in [-0.3, -0.25) is 9.52 Å². The summed E-state index contributed by atoms with van der Waals surface area (Å²) in [7, 11) is -3.88. The Bertz CT molecular complexity index is 1260. The molecule has 0 aliphatic rings. The second-order valence-electron chi connectivity index (χ2n) is 7.53. The second kappa shape index (κ2) is 10.5. The highest BCUT2D eigenvalue weighted by atomic mass is 35.5. The summed E-state index contributed by atoms with van der Waals surface area (Å²) in [5.41, 5.74) is 2.64. The van der Waals surface area contributed by atoms with Crippen molar-refractivity contribution in [3.63, 3.8) is 0 Å². The molecule has 33 heavy (non-hydrogen) atoms. The van der Waals surface area contributed by atoms with Gasteiger partial charge in [-0.1, -0.05) is 42.3 Å². The van der Waals surface area contributed by atoms with Crippen LogP contribution in [0.25, 0.3) is 0 Å². The molecule has 0 heterocycles. The van der Waals surface area contributed by atoms with Crippen molar-refractivity contribution in [3.8, 4) is 5.75 Å². The molecule has 1 atom stereocenters. The zero-order chi connectivity index (χ0) is 24.2. The van der Waals surface area contributed by atoms with E-state index in [1.54, 1.807) is 0 Å². The van der Waals surface area contributed by atoms with Gasteiger partial charge < -0.3 is 10.1 Å². The fourth-order valence-corrected chi connectivity index (χ4v) is 4.62. The molecule has 0 aliphatic heterocycles. The molecule has 3 rings (SSSR count). The zero-order valence-electron chi connectivity index (χ0n) is 18.4. The highest BCUT2D eigenvalue weighted by molar-refractivity contribution is 7.92. The van der Waals surface area contributed by atoms with E-state index < -0.39 is 16.1 Å². The van der Waals surface area contributed by atoms with Crippen LogP contribution in [0.4, 0.5) is 11.4 Å². The molecule has 0 fully saturated rings. The maximum Gasteiger partial charge on any atom is 0.265 e. The summed E-state index contributed by atoms with van der Waals surface area (Å²) in [4.78, 5) is 12.8. The largest absolute Gasteiger partial charge is 0.480 e. The van der Waals surface area contributed by atoms with Crippen LogP contribution in [0.1, 0.15) is 24.5 Å². The third-order valence-electron chi connectivity index (χ3n) is 4.88. The van der Waals surface area contributed by atoms with Gasteiger partial charge in [-0.15, -0.1) is 0 Å². The number of ether oxygens (including phenoxy) is 1. The monoisotopic (exact) mass is 506 g/mol. The number of anilines is 2. The average Bonchev–Trinajstić information content (AvgIpc) is 2.76. The third kappa shape index (κ3) is 6.41. The zero-order valence-corrected chi connectivity index (χ0v) is 20.7. The maximum atomic E-state index is 12.7. The molecule has 2 N–H and O–H groups in total. The van der Waals surface area contributed by atoms with Crippen molar-refractivity contribution in [1.29, 1.82) is 0 Å². The minimum Gasteiger partial charge on any atom is -0.480 e. The Morgan fingerprint density at radius 1 is 1.00 bits per heavy atom. The number of nitrogens with one attached hydrogen (secondary N) is 2. The number of benzene rings is 3. The van der Waals surface area contributed by atoms with Crippen LogP contribution in [0.3, 0.4) is 0 Å². The van der Waals surface area contributed by atoms with E-state index in [0.717, 1.165) is 11.1 Å². The van der Waals surface area contributed by atoms with Gasteiger partial charge in [0.05, 0.1) is 15.6 Å². The summed E-state index contributed by atoms with van der Waals surface area (Å²) in [6.07, 6.45) is -0.222. The molecule has 0 unspecified atom stereocenters. The number of sulfonamides is 1. The summed E-state index contributed by atoms with van der Waals surface area (Å²) in [6, 6.07) is 16.1. The quantitative estimate of drug-likeness (QED) is 0.380. The molecule has 0 aromatic heterocycles. The van der Waals surface area contributed by atoms with E-state index in [0.29, 0.717) is 22.9 Å². The van der Waals surface area contributed by atoms with Crippen LogP contribution in [-0.2, 0) is 14.8 Å². The highest BCUT2D eigenvalue weighted by Gasteiger charge is 2.20. The lowest BCUT2D eigenvalue weighted by atomic mass is 10.1. The Morgan fingerprint density at radius 2 is 1.70 bits per heavy atom. The summed E-state index contributed by atoms with van der Waals surface area (Å²) in [5, 5.41) is 3.36. The molecule has 9 heteroatoms. The van der Waals surface area contributed by atoms with Gasteiger partial charge in [0.2, 0.25) is 0 Å². The predicted molar refractivity (Wildman–Crippen MR) is 133 cm³/mol. The topological polar surface area (TPSA) is 84.5 Å². The lowest BCUT2D eigenvalue weighted by Gasteiger charge is -2.19. The molecule has 0 aliphatic carbocycles. The van der Waals surface area contributed by atoms with Crippen LogP contribution in [0, 0.1) is 13.8 Å². The molecule has 0 bridgehead atoms. The van der Waals surface area contributed by atoms with E-state index in [9.17, 15) is 13.2 Å². The smallest absolute Gasteiger partial charge is 0.265 e. The molecule has 3 aromatic rings. The fraction of sp³-hybridized carbons (Fsp3) is 0.208. The van der Waals surface area contributed by atoms with Crippen molar-refractivity contribution in [2.75, 3.05) is 10.0 Å². The fourth-order valence-electron chi connectivity index (χ4n) is 3.03. The van der Waals surface area contributed by atoms with Crippen LogP contribution in [0.15, 0.2) is 65.6 Å². The summed E-state index contributed by atoms with van der Waals surface area (Å²) in [5.74, 6) is 0.338. The van der Waals surface area contributed by atoms with E-state index >= 15 is 0 Å². The first-order valence-electron chi connectivity index (χ1n) is 10.2. The van der Waals surface area contributed by atoms with E-state index in [1.165, 1.54) is 42.5 Å². The number of amides is 1. The molecule has 6 nitrogen and oxygen atoms in total. The van der Waals surface area contributed by atoms with Gasteiger partial charge in [-0.2, -0.15) is 0 Å². The van der Waals surface area contributed by atoms with Gasteiger partial charge in [-0.05, 0) is 79.9 Å². The van der Waals surface area contributed by atoms with Crippen LogP contribution >= 0.6 is 23.2 Å². The Kier molecular flexibility index (Phi) is 7.89. The first kappa shape index (κ1) is 24.9. The predicted octanol–water partition coefficient (Wildman–Crippen LogP) is 6.21. The molecular weight excluding hydrogens is 483 g/mol. The van der Waals surface area contributed by atoms with Crippen molar-refractivity contribution in [2.45, 2.75) is 38.2 Å². The maximum absolute atomic E-state index is 12.7. The summed E-state index contributed by atoms with van der Waals surface area (Å²) >= 11 is 11.9. The number of halogens is 2. The highest BCUT2D eigenvalue weighted by Crippen LogP contribution is 2.28. The molecule has 0 radical (unpaired) electrons. The Morgan fingerprint density at radius 3 is 2.33 bits per heavy atom. The molecule has 1 amide bonds. The van der Waals surface area contributed by atoms with Crippen LogP contribution in [-0.4, -0.2) is 20.4 Å². The molecular formula is C24H24Cl2N2O4S. The Labute approximate surface area is 203 Å². The summed E-state index contributed by atoms with van der Waals surface area (Å²) in [6.45, 7) is 5.74. The van der Waals surface area contributed by atoms with Crippen LogP contribution in [0.2, 0.25) is 10.0 Å². The first-order chi connectivity index (χ1) is 15.6. The Balaban J connectivity index is 1.69. The third-order valence-corrected chi connectivity index (χ3v) is 6.81. The number of carbonyl (C=O) groups excluding carboxylic acids is 1. The molecule has 0 spiro atoms. The lowest BCUT2D eigenvalue weighted by molar-refractivity contribution is -0.122. The molecule has 0 saturated heterocycles. The van der Waals surface area contributed by atoms with Gasteiger partial charge in [0.1, 0.15) is 5.75 Å². The normalized spacial score (nSPS) is 12.2. The van der Waals surface area contributed by atoms with Crippen molar-refractivity contribution >= 4 is 50.5 Å². The molecule has 174 valence electrons. The first-order valence-corrected chi connectivity index (χ1v) is 12.5. The average molecular weight is 507 g/mol. The number of rotatable bonds is 8. The van der Waals surface area contributed by atoms with Crippen molar-refractivity contribution < 1.29 is 17.9 Å². The van der Waals surface area contributed by atoms with Gasteiger partial charge in [0, 0.05) is 10.7 Å². The van der Waals surface area contributed by atoms with Crippen LogP contribution < -0.4 is 14.8 Å². The van der Waals surface area contributed by atoms with Crippen molar-refractivity contribution in [2.24, 2.45) is 0 Å². The van der Waals surface area contributed by atoms with Gasteiger partial charge in [0.15, 0.2) is 6.10 Å². The number of hydrogen-bond acceptors (Lipinski definition) is 4. The van der Waals surface area contributed by atoms with Gasteiger partial charge in [-0.25, -0.2) is 8.42 Å². The van der Waals surface area contributed by atoms with E-state index in [4.69, 9.17) is 27.9 Å². The van der Waals surface area contributed by atoms with E-state index in [2.05, 4.69) is 10.0 Å². The van der Waals surface area contributed by atoms with Crippen molar-refractivity contribution in [3.05, 3.63) is 81.8 Å². The van der Waals surface area contributed by atoms with Gasteiger partial charge in [0.25, 0.3) is 15.9 Å². The number of carbonyl (C=O) groups is 1. The van der Waals surface area contributed by atoms with Gasteiger partial charge >= 0.3 is 0 Å². The second-order valence-corrected chi connectivity index (χ2v) is 10.1. The van der Waals surface area contributed by atoms with E-state index in [1.807, 2.05) is 39.0 Å². The minimum absolute atomic E-state index is 0.0187. The number of hydrogen-bond donors (Lipinski definition) is 2. The Hall–Kier alpha value is -2.74.